The molecule has 4 nitrogen and oxygen atoms in total. The van der Waals surface area contributed by atoms with E-state index in [1.54, 1.807) is 6.92 Å². The van der Waals surface area contributed by atoms with E-state index in [2.05, 4.69) is 61.2 Å². The third kappa shape index (κ3) is 4.60. The SMILES string of the molecule is C=C[C@H](C)[C@H](O[Si](C)(C)C(C)(C)C)[C@@H](C)[C@H]1OC(C)(C)N(C(C)=O)[C@@H]1C. The van der Waals surface area contributed by atoms with Crippen molar-refractivity contribution >= 4 is 14.2 Å². The maximum absolute atomic E-state index is 12.2. The van der Waals surface area contributed by atoms with Crippen molar-refractivity contribution in [3.63, 3.8) is 0 Å². The van der Waals surface area contributed by atoms with Crippen molar-refractivity contribution < 1.29 is 14.0 Å². The maximum atomic E-state index is 12.2. The van der Waals surface area contributed by atoms with E-state index in [1.807, 2.05) is 24.8 Å². The van der Waals surface area contributed by atoms with Crippen molar-refractivity contribution in [2.45, 2.75) is 104 Å². The van der Waals surface area contributed by atoms with Crippen molar-refractivity contribution in [1.82, 2.24) is 4.90 Å². The fourth-order valence-corrected chi connectivity index (χ4v) is 5.33. The molecule has 5 atom stereocenters. The van der Waals surface area contributed by atoms with Gasteiger partial charge in [0.2, 0.25) is 5.91 Å². The highest BCUT2D eigenvalue weighted by Crippen LogP contribution is 2.42. The Balaban J connectivity index is 3.17. The molecule has 0 aromatic heterocycles. The molecule has 0 spiro atoms. The summed E-state index contributed by atoms with van der Waals surface area (Å²) in [7, 11) is -1.94. The topological polar surface area (TPSA) is 38.8 Å². The minimum absolute atomic E-state index is 0.0139. The molecule has 1 rings (SSSR count). The molecule has 1 aliphatic rings. The van der Waals surface area contributed by atoms with Crippen LogP contribution in [0.3, 0.4) is 0 Å². The van der Waals surface area contributed by atoms with Crippen LogP contribution < -0.4 is 0 Å². The molecular weight excluding hydrogens is 342 g/mol. The Morgan fingerprint density at radius 2 is 1.81 bits per heavy atom. The molecule has 152 valence electrons. The van der Waals surface area contributed by atoms with Gasteiger partial charge in [0.25, 0.3) is 0 Å². The first-order chi connectivity index (χ1) is 11.6. The quantitative estimate of drug-likeness (QED) is 0.467. The Morgan fingerprint density at radius 1 is 1.31 bits per heavy atom. The van der Waals surface area contributed by atoms with Crippen molar-refractivity contribution in [3.8, 4) is 0 Å². The molecule has 0 aromatic rings. The smallest absolute Gasteiger partial charge is 0.222 e. The third-order valence-electron chi connectivity index (χ3n) is 6.39. The van der Waals surface area contributed by atoms with Crippen LogP contribution in [0.15, 0.2) is 12.7 Å². The molecule has 1 amide bonds. The second kappa shape index (κ2) is 7.76. The highest BCUT2D eigenvalue weighted by atomic mass is 28.4. The fourth-order valence-electron chi connectivity index (χ4n) is 3.87. The first-order valence-corrected chi connectivity index (χ1v) is 12.8. The molecule has 1 fully saturated rings. The summed E-state index contributed by atoms with van der Waals surface area (Å²) in [6.07, 6.45) is 1.93. The van der Waals surface area contributed by atoms with Gasteiger partial charge < -0.3 is 14.1 Å². The van der Waals surface area contributed by atoms with Crippen LogP contribution in [0.4, 0.5) is 0 Å². The molecule has 0 N–H and O–H groups in total. The van der Waals surface area contributed by atoms with E-state index >= 15 is 0 Å². The van der Waals surface area contributed by atoms with Gasteiger partial charge >= 0.3 is 0 Å². The van der Waals surface area contributed by atoms with Gasteiger partial charge in [-0.1, -0.05) is 40.7 Å². The monoisotopic (exact) mass is 383 g/mol. The van der Waals surface area contributed by atoms with Gasteiger partial charge in [0.15, 0.2) is 8.32 Å². The lowest BCUT2D eigenvalue weighted by molar-refractivity contribution is -0.146. The average molecular weight is 384 g/mol. The summed E-state index contributed by atoms with van der Waals surface area (Å²) in [5, 5.41) is 0.138. The van der Waals surface area contributed by atoms with Crippen LogP contribution in [0.5, 0.6) is 0 Å². The summed E-state index contributed by atoms with van der Waals surface area (Å²) >= 11 is 0. The average Bonchev–Trinajstić information content (AvgIpc) is 2.71. The van der Waals surface area contributed by atoms with Crippen LogP contribution in [0.2, 0.25) is 18.1 Å². The summed E-state index contributed by atoms with van der Waals surface area (Å²) in [6.45, 7) is 27.3. The van der Waals surface area contributed by atoms with Crippen molar-refractivity contribution in [3.05, 3.63) is 12.7 Å². The van der Waals surface area contributed by atoms with Gasteiger partial charge in [0.05, 0.1) is 18.2 Å². The van der Waals surface area contributed by atoms with Gasteiger partial charge in [-0.25, -0.2) is 0 Å². The summed E-state index contributed by atoms with van der Waals surface area (Å²) in [4.78, 5) is 14.0. The minimum Gasteiger partial charge on any atom is -0.413 e. The van der Waals surface area contributed by atoms with Gasteiger partial charge in [-0.2, -0.15) is 0 Å². The molecule has 0 radical (unpaired) electrons. The van der Waals surface area contributed by atoms with Crippen molar-refractivity contribution in [2.75, 3.05) is 0 Å². The molecular formula is C21H41NO3Si. The lowest BCUT2D eigenvalue weighted by Gasteiger charge is -2.43. The first kappa shape index (κ1) is 23.4. The largest absolute Gasteiger partial charge is 0.413 e. The van der Waals surface area contributed by atoms with E-state index in [0.717, 1.165) is 0 Å². The summed E-state index contributed by atoms with van der Waals surface area (Å²) < 4.78 is 13.2. The summed E-state index contributed by atoms with van der Waals surface area (Å²) in [5.74, 6) is 0.413. The highest BCUT2D eigenvalue weighted by molar-refractivity contribution is 6.74. The van der Waals surface area contributed by atoms with Crippen LogP contribution in [-0.4, -0.2) is 43.1 Å². The van der Waals surface area contributed by atoms with E-state index < -0.39 is 14.0 Å². The van der Waals surface area contributed by atoms with Gasteiger partial charge in [-0.05, 0) is 44.8 Å². The van der Waals surface area contributed by atoms with Crippen LogP contribution in [0.25, 0.3) is 0 Å². The van der Waals surface area contributed by atoms with E-state index in [9.17, 15) is 4.79 Å². The number of hydrogen-bond acceptors (Lipinski definition) is 3. The van der Waals surface area contributed by atoms with Crippen LogP contribution >= 0.6 is 0 Å². The van der Waals surface area contributed by atoms with E-state index in [0.29, 0.717) is 0 Å². The molecule has 5 heteroatoms. The lowest BCUT2D eigenvalue weighted by Crippen LogP contribution is -2.50. The van der Waals surface area contributed by atoms with E-state index in [4.69, 9.17) is 9.16 Å². The zero-order valence-electron chi connectivity index (χ0n) is 18.8. The molecule has 26 heavy (non-hydrogen) atoms. The fraction of sp³-hybridized carbons (Fsp3) is 0.857. The number of carbonyl (C=O) groups is 1. The number of carbonyl (C=O) groups excluding carboxylic acids is 1. The Bertz CT molecular complexity index is 524. The molecule has 0 bridgehead atoms. The maximum Gasteiger partial charge on any atom is 0.222 e. The summed E-state index contributed by atoms with van der Waals surface area (Å²) in [6, 6.07) is 0.0139. The molecule has 1 heterocycles. The number of rotatable bonds is 6. The zero-order chi connectivity index (χ0) is 20.7. The van der Waals surface area contributed by atoms with E-state index in [1.165, 1.54) is 0 Å². The normalized spacial score (nSPS) is 27.1. The van der Waals surface area contributed by atoms with E-state index in [-0.39, 0.29) is 41.0 Å². The Kier molecular flexibility index (Phi) is 6.98. The molecule has 0 saturated carbocycles. The van der Waals surface area contributed by atoms with Crippen LogP contribution in [-0.2, 0) is 14.0 Å². The zero-order valence-corrected chi connectivity index (χ0v) is 19.8. The molecule has 0 unspecified atom stereocenters. The van der Waals surface area contributed by atoms with Gasteiger partial charge in [-0.15, -0.1) is 6.58 Å². The molecule has 0 aromatic carbocycles. The number of amides is 1. The molecule has 1 aliphatic heterocycles. The van der Waals surface area contributed by atoms with Crippen molar-refractivity contribution in [2.24, 2.45) is 11.8 Å². The predicted molar refractivity (Wildman–Crippen MR) is 112 cm³/mol. The number of nitrogens with zero attached hydrogens (tertiary/aromatic N) is 1. The minimum atomic E-state index is -1.94. The predicted octanol–water partition coefficient (Wildman–Crippen LogP) is 5.21. The van der Waals surface area contributed by atoms with Crippen LogP contribution in [0.1, 0.15) is 62.3 Å². The Labute approximate surface area is 162 Å². The van der Waals surface area contributed by atoms with Crippen molar-refractivity contribution in [1.29, 1.82) is 0 Å². The lowest BCUT2D eigenvalue weighted by atomic mass is 9.86. The third-order valence-corrected chi connectivity index (χ3v) is 10.9. The van der Waals surface area contributed by atoms with Crippen LogP contribution in [0, 0.1) is 11.8 Å². The Morgan fingerprint density at radius 3 is 2.15 bits per heavy atom. The number of ether oxygens (including phenoxy) is 1. The molecule has 1 saturated heterocycles. The highest BCUT2D eigenvalue weighted by Gasteiger charge is 2.51. The Hall–Kier alpha value is -0.653. The first-order valence-electron chi connectivity index (χ1n) is 9.85. The second-order valence-corrected chi connectivity index (χ2v) is 14.7. The van der Waals surface area contributed by atoms with Gasteiger partial charge in [0.1, 0.15) is 5.72 Å². The van der Waals surface area contributed by atoms with Gasteiger partial charge in [-0.3, -0.25) is 4.79 Å². The standard InChI is InChI=1S/C21H41NO3Si/c1-13-14(2)18(25-26(11,12)20(6,7)8)15(3)19-16(4)22(17(5)23)21(9,10)24-19/h13-16,18-19H,1H2,2-12H3/t14-,15+,16+,18-,19+/m0/s1. The summed E-state index contributed by atoms with van der Waals surface area (Å²) in [5.41, 5.74) is -0.594. The number of hydrogen-bond donors (Lipinski definition) is 0. The second-order valence-electron chi connectivity index (χ2n) is 9.96. The van der Waals surface area contributed by atoms with Gasteiger partial charge in [0, 0.05) is 12.8 Å². The molecule has 0 aliphatic carbocycles.